The normalized spacial score (nSPS) is 18.3. The minimum absolute atomic E-state index is 0.0416. The number of amides is 1. The molecule has 1 fully saturated rings. The number of nitrogens with zero attached hydrogens (tertiary/aromatic N) is 3. The molecule has 1 aromatic carbocycles. The molecule has 2 heterocycles. The second kappa shape index (κ2) is 6.19. The van der Waals surface area contributed by atoms with Crippen LogP contribution in [0, 0.1) is 0 Å². The highest BCUT2D eigenvalue weighted by Crippen LogP contribution is 2.22. The largest absolute Gasteiger partial charge is 0.493 e. The van der Waals surface area contributed by atoms with Crippen LogP contribution in [0.15, 0.2) is 36.5 Å². The van der Waals surface area contributed by atoms with Crippen molar-refractivity contribution in [1.29, 1.82) is 0 Å². The molecule has 1 saturated heterocycles. The third kappa shape index (κ3) is 2.82. The lowest BCUT2D eigenvalue weighted by molar-refractivity contribution is -0.0127. The van der Waals surface area contributed by atoms with Crippen LogP contribution in [0.4, 0.5) is 0 Å². The van der Waals surface area contributed by atoms with Crippen molar-refractivity contribution in [2.45, 2.75) is 13.0 Å². The zero-order valence-corrected chi connectivity index (χ0v) is 12.7. The number of ether oxygens (including phenoxy) is 2. The molecule has 1 atom stereocenters. The van der Waals surface area contributed by atoms with Gasteiger partial charge in [0.05, 0.1) is 31.7 Å². The van der Waals surface area contributed by atoms with Crippen molar-refractivity contribution in [3.63, 3.8) is 0 Å². The molecule has 1 aliphatic heterocycles. The van der Waals surface area contributed by atoms with Crippen LogP contribution < -0.4 is 4.74 Å². The Hall–Kier alpha value is -2.34. The van der Waals surface area contributed by atoms with Crippen LogP contribution in [0.5, 0.6) is 5.75 Å². The van der Waals surface area contributed by atoms with E-state index >= 15 is 0 Å². The van der Waals surface area contributed by atoms with Crippen molar-refractivity contribution < 1.29 is 14.3 Å². The van der Waals surface area contributed by atoms with E-state index in [9.17, 15) is 4.79 Å². The second-order valence-electron chi connectivity index (χ2n) is 5.26. The Bertz CT molecular complexity index is 654. The molecule has 0 aliphatic carbocycles. The average molecular weight is 301 g/mol. The van der Waals surface area contributed by atoms with E-state index in [-0.39, 0.29) is 12.0 Å². The van der Waals surface area contributed by atoms with Crippen molar-refractivity contribution >= 4 is 5.91 Å². The summed E-state index contributed by atoms with van der Waals surface area (Å²) in [4.78, 5) is 14.4. The molecular weight excluding hydrogens is 282 g/mol. The van der Waals surface area contributed by atoms with Gasteiger partial charge in [-0.2, -0.15) is 5.10 Å². The summed E-state index contributed by atoms with van der Waals surface area (Å²) in [5.41, 5.74) is 1.22. The predicted molar refractivity (Wildman–Crippen MR) is 81.4 cm³/mol. The Balaban J connectivity index is 1.90. The highest BCUT2D eigenvalue weighted by Gasteiger charge is 2.27. The molecule has 0 radical (unpaired) electrons. The quantitative estimate of drug-likeness (QED) is 0.866. The number of hydrogen-bond donors (Lipinski definition) is 0. The molecule has 1 aliphatic rings. The maximum atomic E-state index is 12.7. The summed E-state index contributed by atoms with van der Waals surface area (Å²) in [5, 5.41) is 4.41. The van der Waals surface area contributed by atoms with Crippen molar-refractivity contribution in [2.24, 2.45) is 0 Å². The number of benzene rings is 1. The molecule has 2 aromatic rings. The fraction of sp³-hybridized carbons (Fsp3) is 0.375. The van der Waals surface area contributed by atoms with Crippen LogP contribution in [0.25, 0.3) is 5.69 Å². The summed E-state index contributed by atoms with van der Waals surface area (Å²) in [5.74, 6) is 0.356. The van der Waals surface area contributed by atoms with Gasteiger partial charge in [-0.05, 0) is 19.1 Å². The van der Waals surface area contributed by atoms with E-state index in [4.69, 9.17) is 9.47 Å². The molecule has 0 spiro atoms. The lowest BCUT2D eigenvalue weighted by Crippen LogP contribution is -2.44. The molecule has 1 amide bonds. The van der Waals surface area contributed by atoms with Crippen LogP contribution in [-0.2, 0) is 4.74 Å². The molecule has 22 heavy (non-hydrogen) atoms. The Morgan fingerprint density at radius 2 is 2.14 bits per heavy atom. The highest BCUT2D eigenvalue weighted by molar-refractivity contribution is 5.95. The fourth-order valence-electron chi connectivity index (χ4n) is 2.52. The number of methoxy groups -OCH3 is 1. The predicted octanol–water partition coefficient (Wildman–Crippen LogP) is 1.74. The van der Waals surface area contributed by atoms with Gasteiger partial charge in [0.15, 0.2) is 11.4 Å². The standard InChI is InChI=1S/C16H19N3O3/c1-12-10-18(8-9-22-12)16(20)15-14(21-2)11-19(17-15)13-6-4-3-5-7-13/h3-7,11-12H,8-10H2,1-2H3/t12-/m1/s1. The fourth-order valence-corrected chi connectivity index (χ4v) is 2.52. The lowest BCUT2D eigenvalue weighted by atomic mass is 10.2. The molecule has 0 N–H and O–H groups in total. The third-order valence-corrected chi connectivity index (χ3v) is 3.65. The van der Waals surface area contributed by atoms with Crippen molar-refractivity contribution in [3.05, 3.63) is 42.2 Å². The Kier molecular flexibility index (Phi) is 4.11. The first kappa shape index (κ1) is 14.6. The number of hydrogen-bond acceptors (Lipinski definition) is 4. The molecular formula is C16H19N3O3. The minimum Gasteiger partial charge on any atom is -0.493 e. The Labute approximate surface area is 129 Å². The first-order valence-corrected chi connectivity index (χ1v) is 7.29. The number of carbonyl (C=O) groups excluding carboxylic acids is 1. The van der Waals surface area contributed by atoms with E-state index in [1.807, 2.05) is 37.3 Å². The van der Waals surface area contributed by atoms with Gasteiger partial charge in [0, 0.05) is 13.1 Å². The van der Waals surface area contributed by atoms with E-state index in [0.29, 0.717) is 31.1 Å². The van der Waals surface area contributed by atoms with Gasteiger partial charge < -0.3 is 14.4 Å². The SMILES string of the molecule is COc1cn(-c2ccccc2)nc1C(=O)N1CCO[C@H](C)C1. The van der Waals surface area contributed by atoms with Crippen LogP contribution in [0.3, 0.4) is 0 Å². The average Bonchev–Trinajstić information content (AvgIpc) is 2.99. The van der Waals surface area contributed by atoms with Crippen LogP contribution in [-0.4, -0.2) is 53.5 Å². The van der Waals surface area contributed by atoms with Crippen LogP contribution in [0.1, 0.15) is 17.4 Å². The van der Waals surface area contributed by atoms with E-state index < -0.39 is 0 Å². The Morgan fingerprint density at radius 1 is 1.36 bits per heavy atom. The van der Waals surface area contributed by atoms with Gasteiger partial charge in [-0.3, -0.25) is 4.79 Å². The summed E-state index contributed by atoms with van der Waals surface area (Å²) >= 11 is 0. The van der Waals surface area contributed by atoms with Gasteiger partial charge in [0.1, 0.15) is 0 Å². The monoisotopic (exact) mass is 301 g/mol. The third-order valence-electron chi connectivity index (χ3n) is 3.65. The number of aromatic nitrogens is 2. The van der Waals surface area contributed by atoms with E-state index in [1.54, 1.807) is 22.9 Å². The molecule has 1 aromatic heterocycles. The van der Waals surface area contributed by atoms with Gasteiger partial charge in [0.25, 0.3) is 5.91 Å². The topological polar surface area (TPSA) is 56.6 Å². The summed E-state index contributed by atoms with van der Waals surface area (Å²) in [7, 11) is 1.55. The number of para-hydroxylation sites is 1. The van der Waals surface area contributed by atoms with E-state index in [0.717, 1.165) is 5.69 Å². The lowest BCUT2D eigenvalue weighted by Gasteiger charge is -2.30. The van der Waals surface area contributed by atoms with Crippen molar-refractivity contribution in [2.75, 3.05) is 26.8 Å². The number of rotatable bonds is 3. The zero-order valence-electron chi connectivity index (χ0n) is 12.7. The summed E-state index contributed by atoms with van der Waals surface area (Å²) in [6.45, 7) is 3.65. The van der Waals surface area contributed by atoms with E-state index in [2.05, 4.69) is 5.10 Å². The van der Waals surface area contributed by atoms with E-state index in [1.165, 1.54) is 0 Å². The smallest absolute Gasteiger partial charge is 0.278 e. The van der Waals surface area contributed by atoms with Crippen molar-refractivity contribution in [1.82, 2.24) is 14.7 Å². The number of morpholine rings is 1. The molecule has 0 saturated carbocycles. The Morgan fingerprint density at radius 3 is 2.82 bits per heavy atom. The maximum absolute atomic E-state index is 12.7. The molecule has 3 rings (SSSR count). The molecule has 6 nitrogen and oxygen atoms in total. The summed E-state index contributed by atoms with van der Waals surface area (Å²) in [6.07, 6.45) is 1.77. The minimum atomic E-state index is -0.123. The second-order valence-corrected chi connectivity index (χ2v) is 5.26. The first-order chi connectivity index (χ1) is 10.7. The molecule has 116 valence electrons. The van der Waals surface area contributed by atoms with Gasteiger partial charge in [-0.15, -0.1) is 0 Å². The van der Waals surface area contributed by atoms with Crippen LogP contribution in [0.2, 0.25) is 0 Å². The molecule has 0 bridgehead atoms. The zero-order chi connectivity index (χ0) is 15.5. The van der Waals surface area contributed by atoms with Gasteiger partial charge in [0.2, 0.25) is 0 Å². The highest BCUT2D eigenvalue weighted by atomic mass is 16.5. The number of carbonyl (C=O) groups is 1. The summed E-state index contributed by atoms with van der Waals surface area (Å²) < 4.78 is 12.5. The van der Waals surface area contributed by atoms with Gasteiger partial charge >= 0.3 is 0 Å². The summed E-state index contributed by atoms with van der Waals surface area (Å²) in [6, 6.07) is 9.64. The molecule has 0 unspecified atom stereocenters. The maximum Gasteiger partial charge on any atom is 0.278 e. The van der Waals surface area contributed by atoms with Gasteiger partial charge in [-0.25, -0.2) is 4.68 Å². The van der Waals surface area contributed by atoms with Crippen LogP contribution >= 0.6 is 0 Å². The first-order valence-electron chi connectivity index (χ1n) is 7.29. The molecule has 6 heteroatoms. The van der Waals surface area contributed by atoms with Gasteiger partial charge in [-0.1, -0.05) is 18.2 Å². The van der Waals surface area contributed by atoms with Crippen molar-refractivity contribution in [3.8, 4) is 11.4 Å².